The molecule has 96 valence electrons. The zero-order valence-electron chi connectivity index (χ0n) is 10.3. The maximum absolute atomic E-state index is 11.7. The fourth-order valence-corrected chi connectivity index (χ4v) is 1.47. The largest absolute Gasteiger partial charge is 0.505 e. The van der Waals surface area contributed by atoms with E-state index in [4.69, 9.17) is 0 Å². The number of aromatic nitrogens is 1. The number of aryl methyl sites for hydroxylation is 1. The van der Waals surface area contributed by atoms with Crippen LogP contribution in [0.15, 0.2) is 6.58 Å². The molecule has 1 heterocycles. The number of methoxy groups -OCH3 is 2. The molecule has 1 rings (SSSR count). The van der Waals surface area contributed by atoms with E-state index in [1.54, 1.807) is 0 Å². The molecule has 0 aliphatic heterocycles. The summed E-state index contributed by atoms with van der Waals surface area (Å²) in [5, 5.41) is 9.84. The first-order valence-corrected chi connectivity index (χ1v) is 5.00. The second-order valence-electron chi connectivity index (χ2n) is 3.37. The van der Waals surface area contributed by atoms with Gasteiger partial charge in [0.15, 0.2) is 5.75 Å². The van der Waals surface area contributed by atoms with Crippen LogP contribution in [0.1, 0.15) is 32.1 Å². The standard InChI is InChI=1S/C12H13NO5/c1-5-7-8(11(15)17-3)9(12(16)18-4)10(14)6(2)13-7/h5,14H,1H2,2-4H3. The number of ether oxygens (including phenoxy) is 2. The molecule has 0 aliphatic rings. The van der Waals surface area contributed by atoms with E-state index in [0.29, 0.717) is 0 Å². The molecular formula is C12H13NO5. The van der Waals surface area contributed by atoms with Crippen molar-refractivity contribution < 1.29 is 24.2 Å². The maximum Gasteiger partial charge on any atom is 0.342 e. The van der Waals surface area contributed by atoms with Crippen LogP contribution in [-0.2, 0) is 9.47 Å². The second kappa shape index (κ2) is 5.31. The molecule has 1 N–H and O–H groups in total. The second-order valence-corrected chi connectivity index (χ2v) is 3.37. The Labute approximate surface area is 104 Å². The Morgan fingerprint density at radius 3 is 2.17 bits per heavy atom. The number of carbonyl (C=O) groups excluding carboxylic acids is 2. The summed E-state index contributed by atoms with van der Waals surface area (Å²) < 4.78 is 9.10. The third-order valence-electron chi connectivity index (χ3n) is 2.35. The van der Waals surface area contributed by atoms with Crippen molar-refractivity contribution in [1.82, 2.24) is 4.98 Å². The quantitative estimate of drug-likeness (QED) is 0.815. The number of carbonyl (C=O) groups is 2. The molecule has 0 aromatic carbocycles. The highest BCUT2D eigenvalue weighted by atomic mass is 16.5. The first kappa shape index (κ1) is 13.7. The number of aromatic hydroxyl groups is 1. The third kappa shape index (κ3) is 2.17. The van der Waals surface area contributed by atoms with Gasteiger partial charge in [-0.3, -0.25) is 0 Å². The normalized spacial score (nSPS) is 9.72. The Morgan fingerprint density at radius 2 is 1.72 bits per heavy atom. The summed E-state index contributed by atoms with van der Waals surface area (Å²) in [6, 6.07) is 0. The maximum atomic E-state index is 11.7. The van der Waals surface area contributed by atoms with Crippen molar-refractivity contribution in [1.29, 1.82) is 0 Å². The number of esters is 2. The Bertz CT molecular complexity index is 522. The minimum absolute atomic E-state index is 0.151. The predicted octanol–water partition coefficient (Wildman–Crippen LogP) is 1.31. The average Bonchev–Trinajstić information content (AvgIpc) is 2.39. The summed E-state index contributed by atoms with van der Waals surface area (Å²) >= 11 is 0. The summed E-state index contributed by atoms with van der Waals surface area (Å²) in [6.07, 6.45) is 1.30. The highest BCUT2D eigenvalue weighted by Crippen LogP contribution is 2.28. The lowest BCUT2D eigenvalue weighted by molar-refractivity contribution is 0.0551. The summed E-state index contributed by atoms with van der Waals surface area (Å²) in [5.74, 6) is -2.05. The minimum Gasteiger partial charge on any atom is -0.505 e. The van der Waals surface area contributed by atoms with Crippen LogP contribution in [0, 0.1) is 6.92 Å². The van der Waals surface area contributed by atoms with Crippen LogP contribution in [0.3, 0.4) is 0 Å². The number of rotatable bonds is 3. The molecule has 6 heteroatoms. The van der Waals surface area contributed by atoms with E-state index in [0.717, 1.165) is 14.2 Å². The minimum atomic E-state index is -0.846. The van der Waals surface area contributed by atoms with E-state index < -0.39 is 17.7 Å². The third-order valence-corrected chi connectivity index (χ3v) is 2.35. The van der Waals surface area contributed by atoms with E-state index in [1.807, 2.05) is 0 Å². The molecule has 0 bridgehead atoms. The van der Waals surface area contributed by atoms with Crippen molar-refractivity contribution in [3.63, 3.8) is 0 Å². The zero-order valence-corrected chi connectivity index (χ0v) is 10.3. The van der Waals surface area contributed by atoms with Crippen LogP contribution in [0.5, 0.6) is 5.75 Å². The van der Waals surface area contributed by atoms with Gasteiger partial charge in [0.2, 0.25) is 0 Å². The lowest BCUT2D eigenvalue weighted by Crippen LogP contribution is -2.16. The van der Waals surface area contributed by atoms with Crippen molar-refractivity contribution in [2.45, 2.75) is 6.92 Å². The first-order chi connectivity index (χ1) is 8.47. The van der Waals surface area contributed by atoms with Gasteiger partial charge in [0, 0.05) is 0 Å². The Balaban J connectivity index is 3.72. The van der Waals surface area contributed by atoms with Crippen LogP contribution < -0.4 is 0 Å². The van der Waals surface area contributed by atoms with Crippen LogP contribution >= 0.6 is 0 Å². The molecule has 18 heavy (non-hydrogen) atoms. The SMILES string of the molecule is C=Cc1nc(C)c(O)c(C(=O)OC)c1C(=O)OC. The summed E-state index contributed by atoms with van der Waals surface area (Å²) in [6.45, 7) is 5.00. The smallest absolute Gasteiger partial charge is 0.342 e. The first-order valence-electron chi connectivity index (χ1n) is 5.00. The van der Waals surface area contributed by atoms with Gasteiger partial charge in [0.25, 0.3) is 0 Å². The average molecular weight is 251 g/mol. The number of nitrogens with zero attached hydrogens (tertiary/aromatic N) is 1. The van der Waals surface area contributed by atoms with Gasteiger partial charge < -0.3 is 14.6 Å². The number of hydrogen-bond acceptors (Lipinski definition) is 6. The summed E-state index contributed by atoms with van der Waals surface area (Å²) in [5.41, 5.74) is -0.0929. The molecule has 0 saturated heterocycles. The van der Waals surface area contributed by atoms with Crippen LogP contribution in [-0.4, -0.2) is 36.2 Å². The van der Waals surface area contributed by atoms with Crippen molar-refractivity contribution in [3.05, 3.63) is 29.1 Å². The van der Waals surface area contributed by atoms with Gasteiger partial charge in [-0.05, 0) is 13.0 Å². The van der Waals surface area contributed by atoms with E-state index >= 15 is 0 Å². The van der Waals surface area contributed by atoms with E-state index in [2.05, 4.69) is 21.0 Å². The van der Waals surface area contributed by atoms with Gasteiger partial charge in [-0.2, -0.15) is 0 Å². The van der Waals surface area contributed by atoms with Gasteiger partial charge in [-0.1, -0.05) is 6.58 Å². The highest BCUT2D eigenvalue weighted by Gasteiger charge is 2.27. The Morgan fingerprint density at radius 1 is 1.22 bits per heavy atom. The summed E-state index contributed by atoms with van der Waals surface area (Å²) in [4.78, 5) is 27.3. The monoisotopic (exact) mass is 251 g/mol. The highest BCUT2D eigenvalue weighted by molar-refractivity contribution is 6.07. The van der Waals surface area contributed by atoms with Crippen LogP contribution in [0.4, 0.5) is 0 Å². The van der Waals surface area contributed by atoms with Crippen molar-refractivity contribution >= 4 is 18.0 Å². The lowest BCUT2D eigenvalue weighted by Gasteiger charge is -2.12. The fourth-order valence-electron chi connectivity index (χ4n) is 1.47. The number of pyridine rings is 1. The topological polar surface area (TPSA) is 85.7 Å². The van der Waals surface area contributed by atoms with Gasteiger partial charge in [0.05, 0.1) is 25.6 Å². The fraction of sp³-hybridized carbons (Fsp3) is 0.250. The predicted molar refractivity (Wildman–Crippen MR) is 63.4 cm³/mol. The zero-order chi connectivity index (χ0) is 13.9. The van der Waals surface area contributed by atoms with Gasteiger partial charge in [-0.25, -0.2) is 14.6 Å². The van der Waals surface area contributed by atoms with Crippen molar-refractivity contribution in [2.24, 2.45) is 0 Å². The molecule has 0 aliphatic carbocycles. The molecule has 0 spiro atoms. The lowest BCUT2D eigenvalue weighted by atomic mass is 10.0. The van der Waals surface area contributed by atoms with Crippen molar-refractivity contribution in [2.75, 3.05) is 14.2 Å². The van der Waals surface area contributed by atoms with Crippen LogP contribution in [0.2, 0.25) is 0 Å². The Hall–Kier alpha value is -2.37. The molecular weight excluding hydrogens is 238 g/mol. The molecule has 1 aromatic rings. The molecule has 0 amide bonds. The van der Waals surface area contributed by atoms with Crippen molar-refractivity contribution in [3.8, 4) is 5.75 Å². The molecule has 0 fully saturated rings. The van der Waals surface area contributed by atoms with E-state index in [1.165, 1.54) is 13.0 Å². The van der Waals surface area contributed by atoms with Crippen LogP contribution in [0.25, 0.3) is 6.08 Å². The molecule has 0 unspecified atom stereocenters. The van der Waals surface area contributed by atoms with Gasteiger partial charge in [-0.15, -0.1) is 0 Å². The molecule has 0 saturated carbocycles. The molecule has 1 aromatic heterocycles. The van der Waals surface area contributed by atoms with E-state index in [9.17, 15) is 14.7 Å². The molecule has 0 radical (unpaired) electrons. The van der Waals surface area contributed by atoms with Gasteiger partial charge >= 0.3 is 11.9 Å². The Kier molecular flexibility index (Phi) is 4.04. The molecule has 0 atom stereocenters. The molecule has 6 nitrogen and oxygen atoms in total. The number of hydrogen-bond donors (Lipinski definition) is 1. The van der Waals surface area contributed by atoms with E-state index in [-0.39, 0.29) is 22.5 Å². The van der Waals surface area contributed by atoms with Gasteiger partial charge in [0.1, 0.15) is 11.1 Å². The summed E-state index contributed by atoms with van der Waals surface area (Å²) in [7, 11) is 2.30.